The van der Waals surface area contributed by atoms with Crippen LogP contribution >= 0.6 is 11.6 Å². The van der Waals surface area contributed by atoms with Gasteiger partial charge in [-0.05, 0) is 11.5 Å². The normalized spacial score (nSPS) is 28.9. The number of hydrogen-bond acceptors (Lipinski definition) is 2. The molecule has 3 N–H and O–H groups in total. The van der Waals surface area contributed by atoms with Gasteiger partial charge in [0.2, 0.25) is 0 Å². The molecule has 2 nitrogen and oxygen atoms in total. The van der Waals surface area contributed by atoms with Crippen LogP contribution in [0.3, 0.4) is 0 Å². The highest BCUT2D eigenvalue weighted by Gasteiger charge is 2.57. The number of phenolic OH excluding ortho intramolecular Hbond substituents is 1. The fourth-order valence-electron chi connectivity index (χ4n) is 2.05. The SMILES string of the molecule is CC1(C)[C@H](N)[C@H]1c1cccc(Cl)c1O. The van der Waals surface area contributed by atoms with E-state index < -0.39 is 0 Å². The maximum atomic E-state index is 9.77. The molecule has 0 unspecified atom stereocenters. The van der Waals surface area contributed by atoms with Crippen molar-refractivity contribution in [3.05, 3.63) is 28.8 Å². The molecule has 1 saturated carbocycles. The van der Waals surface area contributed by atoms with Gasteiger partial charge in [0.15, 0.2) is 0 Å². The number of aromatic hydroxyl groups is 1. The second-order valence-electron chi connectivity index (χ2n) is 4.50. The number of phenols is 1. The smallest absolute Gasteiger partial charge is 0.137 e. The van der Waals surface area contributed by atoms with Crippen LogP contribution in [0.25, 0.3) is 0 Å². The molecule has 0 aromatic heterocycles. The summed E-state index contributed by atoms with van der Waals surface area (Å²) in [6, 6.07) is 5.53. The predicted molar refractivity (Wildman–Crippen MR) is 57.6 cm³/mol. The minimum atomic E-state index is 0.0716. The van der Waals surface area contributed by atoms with E-state index in [0.29, 0.717) is 5.02 Å². The van der Waals surface area contributed by atoms with Gasteiger partial charge in [-0.2, -0.15) is 0 Å². The zero-order valence-electron chi connectivity index (χ0n) is 8.29. The molecule has 76 valence electrons. The Morgan fingerprint density at radius 2 is 2.00 bits per heavy atom. The first kappa shape index (κ1) is 9.81. The van der Waals surface area contributed by atoms with E-state index in [1.807, 2.05) is 12.1 Å². The molecule has 2 rings (SSSR count). The van der Waals surface area contributed by atoms with Crippen molar-refractivity contribution in [1.82, 2.24) is 0 Å². The first-order chi connectivity index (χ1) is 6.46. The predicted octanol–water partition coefficient (Wildman–Crippen LogP) is 2.50. The summed E-state index contributed by atoms with van der Waals surface area (Å²) >= 11 is 5.84. The molecule has 3 heteroatoms. The minimum absolute atomic E-state index is 0.0716. The van der Waals surface area contributed by atoms with Crippen LogP contribution in [0.2, 0.25) is 5.02 Å². The third-order valence-electron chi connectivity index (χ3n) is 3.26. The Kier molecular flexibility index (Phi) is 2.02. The monoisotopic (exact) mass is 211 g/mol. The Morgan fingerprint density at radius 1 is 1.43 bits per heavy atom. The minimum Gasteiger partial charge on any atom is -0.506 e. The van der Waals surface area contributed by atoms with E-state index in [1.165, 1.54) is 0 Å². The van der Waals surface area contributed by atoms with Crippen molar-refractivity contribution in [1.29, 1.82) is 0 Å². The summed E-state index contributed by atoms with van der Waals surface area (Å²) < 4.78 is 0. The average molecular weight is 212 g/mol. The van der Waals surface area contributed by atoms with Crippen LogP contribution in [0.15, 0.2) is 18.2 Å². The number of rotatable bonds is 1. The van der Waals surface area contributed by atoms with Crippen molar-refractivity contribution in [2.45, 2.75) is 25.8 Å². The van der Waals surface area contributed by atoms with E-state index in [9.17, 15) is 5.11 Å². The van der Waals surface area contributed by atoms with Gasteiger partial charge in [-0.3, -0.25) is 0 Å². The molecule has 0 heterocycles. The highest BCUT2D eigenvalue weighted by Crippen LogP contribution is 2.59. The molecule has 0 bridgehead atoms. The second-order valence-corrected chi connectivity index (χ2v) is 4.91. The topological polar surface area (TPSA) is 46.2 Å². The average Bonchev–Trinajstić information content (AvgIpc) is 2.59. The van der Waals surface area contributed by atoms with Gasteiger partial charge in [0, 0.05) is 17.5 Å². The Labute approximate surface area is 88.7 Å². The molecule has 1 aliphatic carbocycles. The maximum Gasteiger partial charge on any atom is 0.137 e. The van der Waals surface area contributed by atoms with Gasteiger partial charge in [0.05, 0.1) is 5.02 Å². The van der Waals surface area contributed by atoms with Crippen LogP contribution in [0, 0.1) is 5.41 Å². The Bertz CT molecular complexity index is 376. The lowest BCUT2D eigenvalue weighted by atomic mass is 10.0. The van der Waals surface area contributed by atoms with Gasteiger partial charge < -0.3 is 10.8 Å². The molecular weight excluding hydrogens is 198 g/mol. The molecule has 14 heavy (non-hydrogen) atoms. The number of benzene rings is 1. The zero-order chi connectivity index (χ0) is 10.5. The van der Waals surface area contributed by atoms with Crippen molar-refractivity contribution >= 4 is 11.6 Å². The lowest BCUT2D eigenvalue weighted by Gasteiger charge is -2.06. The molecule has 1 aromatic carbocycles. The van der Waals surface area contributed by atoms with Crippen molar-refractivity contribution in [2.75, 3.05) is 0 Å². The van der Waals surface area contributed by atoms with E-state index in [2.05, 4.69) is 13.8 Å². The lowest BCUT2D eigenvalue weighted by Crippen LogP contribution is -2.06. The molecule has 0 spiro atoms. The van der Waals surface area contributed by atoms with Crippen LogP contribution in [0.5, 0.6) is 5.75 Å². The Balaban J connectivity index is 2.40. The van der Waals surface area contributed by atoms with Crippen LogP contribution in [0.1, 0.15) is 25.3 Å². The van der Waals surface area contributed by atoms with Gasteiger partial charge in [0.25, 0.3) is 0 Å². The summed E-state index contributed by atoms with van der Waals surface area (Å²) in [6.45, 7) is 4.20. The van der Waals surface area contributed by atoms with Crippen molar-refractivity contribution in [2.24, 2.45) is 11.1 Å². The standard InChI is InChI=1S/C11H14ClNO/c1-11(2)8(10(11)13)6-4-3-5-7(12)9(6)14/h3-5,8,10,14H,13H2,1-2H3/t8-,10-/m1/s1. The summed E-state index contributed by atoms with van der Waals surface area (Å²) in [5, 5.41) is 10.2. The van der Waals surface area contributed by atoms with E-state index >= 15 is 0 Å². The molecule has 0 aliphatic heterocycles. The Hall–Kier alpha value is -0.730. The fraction of sp³-hybridized carbons (Fsp3) is 0.455. The highest BCUT2D eigenvalue weighted by molar-refractivity contribution is 6.32. The van der Waals surface area contributed by atoms with E-state index in [0.717, 1.165) is 5.56 Å². The van der Waals surface area contributed by atoms with Gasteiger partial charge in [0.1, 0.15) is 5.75 Å². The van der Waals surface area contributed by atoms with Crippen LogP contribution in [0.4, 0.5) is 0 Å². The van der Waals surface area contributed by atoms with Gasteiger partial charge in [-0.25, -0.2) is 0 Å². The molecule has 1 aromatic rings. The maximum absolute atomic E-state index is 9.77. The second kappa shape index (κ2) is 2.88. The van der Waals surface area contributed by atoms with Crippen LogP contribution in [-0.4, -0.2) is 11.1 Å². The molecule has 0 saturated heterocycles. The highest BCUT2D eigenvalue weighted by atomic mass is 35.5. The quantitative estimate of drug-likeness (QED) is 0.750. The van der Waals surface area contributed by atoms with E-state index in [4.69, 9.17) is 17.3 Å². The first-order valence-corrected chi connectivity index (χ1v) is 5.07. The summed E-state index contributed by atoms with van der Waals surface area (Å²) in [7, 11) is 0. The van der Waals surface area contributed by atoms with E-state index in [-0.39, 0.29) is 23.1 Å². The lowest BCUT2D eigenvalue weighted by molar-refractivity contribution is 0.464. The van der Waals surface area contributed by atoms with Crippen molar-refractivity contribution in [3.63, 3.8) is 0 Å². The first-order valence-electron chi connectivity index (χ1n) is 4.69. The number of hydrogen-bond donors (Lipinski definition) is 2. The molecule has 1 fully saturated rings. The Morgan fingerprint density at radius 3 is 2.50 bits per heavy atom. The van der Waals surface area contributed by atoms with Crippen molar-refractivity contribution in [3.8, 4) is 5.75 Å². The van der Waals surface area contributed by atoms with Crippen LogP contribution in [-0.2, 0) is 0 Å². The third kappa shape index (κ3) is 1.22. The third-order valence-corrected chi connectivity index (χ3v) is 3.57. The summed E-state index contributed by atoms with van der Waals surface area (Å²) in [5.74, 6) is 0.404. The summed E-state index contributed by atoms with van der Waals surface area (Å²) in [4.78, 5) is 0. The number of halogens is 1. The largest absolute Gasteiger partial charge is 0.506 e. The molecule has 0 amide bonds. The number of nitrogens with two attached hydrogens (primary N) is 1. The molecule has 0 radical (unpaired) electrons. The van der Waals surface area contributed by atoms with Crippen molar-refractivity contribution < 1.29 is 5.11 Å². The number of para-hydroxylation sites is 1. The van der Waals surface area contributed by atoms with Gasteiger partial charge in [-0.1, -0.05) is 37.6 Å². The fourth-order valence-corrected chi connectivity index (χ4v) is 2.24. The zero-order valence-corrected chi connectivity index (χ0v) is 9.05. The summed E-state index contributed by atoms with van der Waals surface area (Å²) in [5.41, 5.74) is 6.88. The van der Waals surface area contributed by atoms with Gasteiger partial charge >= 0.3 is 0 Å². The van der Waals surface area contributed by atoms with E-state index in [1.54, 1.807) is 6.07 Å². The molecular formula is C11H14ClNO. The van der Waals surface area contributed by atoms with Gasteiger partial charge in [-0.15, -0.1) is 0 Å². The molecule has 1 aliphatic rings. The molecule has 2 atom stereocenters. The summed E-state index contributed by atoms with van der Waals surface area (Å²) in [6.07, 6.45) is 0. The van der Waals surface area contributed by atoms with Crippen LogP contribution < -0.4 is 5.73 Å².